The van der Waals surface area contributed by atoms with E-state index in [0.29, 0.717) is 19.5 Å². The maximum absolute atomic E-state index is 12.6. The lowest BCUT2D eigenvalue weighted by Gasteiger charge is -2.38. The molecule has 0 bridgehead atoms. The summed E-state index contributed by atoms with van der Waals surface area (Å²) in [4.78, 5) is 16.5. The fourth-order valence-corrected chi connectivity index (χ4v) is 3.34. The van der Waals surface area contributed by atoms with Crippen LogP contribution in [0.5, 0.6) is 5.75 Å². The fourth-order valence-electron chi connectivity index (χ4n) is 3.34. The summed E-state index contributed by atoms with van der Waals surface area (Å²) in [6.45, 7) is 2.91. The average Bonchev–Trinajstić information content (AvgIpc) is 2.74. The van der Waals surface area contributed by atoms with Crippen molar-refractivity contribution in [2.75, 3.05) is 45.7 Å². The highest BCUT2D eigenvalue weighted by Gasteiger charge is 2.26. The number of piperazine rings is 1. The average molecular weight is 383 g/mol. The largest absolute Gasteiger partial charge is 0.497 e. The summed E-state index contributed by atoms with van der Waals surface area (Å²) in [5, 5.41) is 12.8. The molecule has 2 N–H and O–H groups in total. The highest BCUT2D eigenvalue weighted by atomic mass is 16.5. The van der Waals surface area contributed by atoms with Gasteiger partial charge in [-0.25, -0.2) is 0 Å². The first kappa shape index (κ1) is 20.2. The predicted octanol–water partition coefficient (Wildman–Crippen LogP) is 1.98. The van der Waals surface area contributed by atoms with Crippen molar-refractivity contribution in [1.82, 2.24) is 9.80 Å². The van der Waals surface area contributed by atoms with E-state index in [9.17, 15) is 9.90 Å². The number of carbonyl (C=O) groups excluding carboxylic acids is 1. The topological polar surface area (TPSA) is 65.0 Å². The summed E-state index contributed by atoms with van der Waals surface area (Å²) in [7, 11) is 3.65. The molecule has 28 heavy (non-hydrogen) atoms. The first-order valence-corrected chi connectivity index (χ1v) is 9.63. The smallest absolute Gasteiger partial charge is 0.227 e. The number of amides is 1. The number of hydrogen-bond acceptors (Lipinski definition) is 5. The lowest BCUT2D eigenvalue weighted by molar-refractivity contribution is -0.133. The zero-order valence-electron chi connectivity index (χ0n) is 16.6. The number of aliphatic hydroxyl groups is 1. The summed E-state index contributed by atoms with van der Waals surface area (Å²) in [6, 6.07) is 16.0. The molecule has 1 atom stereocenters. The maximum Gasteiger partial charge on any atom is 0.227 e. The first-order valence-electron chi connectivity index (χ1n) is 9.63. The van der Waals surface area contributed by atoms with Gasteiger partial charge in [-0.3, -0.25) is 9.69 Å². The normalized spacial score (nSPS) is 17.4. The molecule has 0 saturated carbocycles. The second-order valence-corrected chi connectivity index (χ2v) is 7.23. The Bertz CT molecular complexity index is 762. The van der Waals surface area contributed by atoms with Crippen molar-refractivity contribution in [3.8, 4) is 5.75 Å². The molecule has 2 aromatic carbocycles. The molecule has 6 nitrogen and oxygen atoms in total. The van der Waals surface area contributed by atoms with E-state index < -0.39 is 0 Å². The van der Waals surface area contributed by atoms with E-state index in [1.807, 2.05) is 60.5 Å². The standard InChI is InChI=1S/C22H29N3O3/c1-24-11-12-25(15-20(24)16-26)22(27)13-17-3-7-19(8-4-17)23-14-18-5-9-21(28-2)10-6-18/h3-10,20,23,26H,11-16H2,1-2H3. The monoisotopic (exact) mass is 383 g/mol. The lowest BCUT2D eigenvalue weighted by Crippen LogP contribution is -2.54. The lowest BCUT2D eigenvalue weighted by atomic mass is 10.1. The van der Waals surface area contributed by atoms with Crippen molar-refractivity contribution in [3.63, 3.8) is 0 Å². The van der Waals surface area contributed by atoms with Crippen LogP contribution in [0, 0.1) is 0 Å². The zero-order valence-corrected chi connectivity index (χ0v) is 16.6. The number of anilines is 1. The number of nitrogens with one attached hydrogen (secondary N) is 1. The van der Waals surface area contributed by atoms with Crippen molar-refractivity contribution in [1.29, 1.82) is 0 Å². The Labute approximate surface area is 166 Å². The number of likely N-dealkylation sites (N-methyl/N-ethyl adjacent to an activating group) is 1. The Hall–Kier alpha value is -2.57. The SMILES string of the molecule is COc1ccc(CNc2ccc(CC(=O)N3CCN(C)C(CO)C3)cc2)cc1. The number of benzene rings is 2. The van der Waals surface area contributed by atoms with Crippen LogP contribution in [-0.4, -0.2) is 67.3 Å². The number of nitrogens with zero attached hydrogens (tertiary/aromatic N) is 2. The maximum atomic E-state index is 12.6. The third-order valence-corrected chi connectivity index (χ3v) is 5.31. The third kappa shape index (κ3) is 5.24. The summed E-state index contributed by atoms with van der Waals surface area (Å²) in [5.41, 5.74) is 3.19. The minimum atomic E-state index is 0.0298. The van der Waals surface area contributed by atoms with Gasteiger partial charge in [0.25, 0.3) is 0 Å². The van der Waals surface area contributed by atoms with Crippen LogP contribution >= 0.6 is 0 Å². The fraction of sp³-hybridized carbons (Fsp3) is 0.409. The Morgan fingerprint density at radius 1 is 1.11 bits per heavy atom. The van der Waals surface area contributed by atoms with Crippen LogP contribution in [0.4, 0.5) is 5.69 Å². The summed E-state index contributed by atoms with van der Waals surface area (Å²) in [6.07, 6.45) is 0.390. The molecule has 2 aromatic rings. The minimum Gasteiger partial charge on any atom is -0.497 e. The molecule has 0 aromatic heterocycles. The molecule has 150 valence electrons. The van der Waals surface area contributed by atoms with Gasteiger partial charge in [0, 0.05) is 31.9 Å². The van der Waals surface area contributed by atoms with E-state index >= 15 is 0 Å². The number of rotatable bonds is 7. The Kier molecular flexibility index (Phi) is 6.90. The molecule has 1 amide bonds. The number of hydrogen-bond donors (Lipinski definition) is 2. The van der Waals surface area contributed by atoms with Crippen LogP contribution in [-0.2, 0) is 17.8 Å². The van der Waals surface area contributed by atoms with E-state index in [-0.39, 0.29) is 18.6 Å². The van der Waals surface area contributed by atoms with Gasteiger partial charge >= 0.3 is 0 Å². The van der Waals surface area contributed by atoms with Crippen molar-refractivity contribution in [2.45, 2.75) is 19.0 Å². The molecule has 3 rings (SSSR count). The number of carbonyl (C=O) groups is 1. The van der Waals surface area contributed by atoms with E-state index in [1.54, 1.807) is 7.11 Å². The highest BCUT2D eigenvalue weighted by Crippen LogP contribution is 2.16. The Morgan fingerprint density at radius 3 is 2.43 bits per heavy atom. The second-order valence-electron chi connectivity index (χ2n) is 7.23. The van der Waals surface area contributed by atoms with Crippen LogP contribution in [0.25, 0.3) is 0 Å². The molecule has 1 unspecified atom stereocenters. The number of aliphatic hydroxyl groups excluding tert-OH is 1. The molecule has 1 fully saturated rings. The summed E-state index contributed by atoms with van der Waals surface area (Å²) < 4.78 is 5.17. The van der Waals surface area contributed by atoms with Crippen LogP contribution < -0.4 is 10.1 Å². The van der Waals surface area contributed by atoms with Crippen LogP contribution in [0.1, 0.15) is 11.1 Å². The minimum absolute atomic E-state index is 0.0298. The Morgan fingerprint density at radius 2 is 1.79 bits per heavy atom. The van der Waals surface area contributed by atoms with Gasteiger partial charge in [-0.15, -0.1) is 0 Å². The molecular weight excluding hydrogens is 354 g/mol. The second kappa shape index (κ2) is 9.57. The van der Waals surface area contributed by atoms with Crippen molar-refractivity contribution in [3.05, 3.63) is 59.7 Å². The molecule has 0 spiro atoms. The molecule has 0 radical (unpaired) electrons. The van der Waals surface area contributed by atoms with Crippen molar-refractivity contribution in [2.24, 2.45) is 0 Å². The van der Waals surface area contributed by atoms with Crippen LogP contribution in [0.2, 0.25) is 0 Å². The van der Waals surface area contributed by atoms with Crippen molar-refractivity contribution >= 4 is 11.6 Å². The number of ether oxygens (including phenoxy) is 1. The third-order valence-electron chi connectivity index (χ3n) is 5.31. The van der Waals surface area contributed by atoms with E-state index in [1.165, 1.54) is 5.56 Å². The van der Waals surface area contributed by atoms with Gasteiger partial charge in [0.2, 0.25) is 5.91 Å². The highest BCUT2D eigenvalue weighted by molar-refractivity contribution is 5.79. The van der Waals surface area contributed by atoms with Crippen molar-refractivity contribution < 1.29 is 14.6 Å². The molecule has 6 heteroatoms. The van der Waals surface area contributed by atoms with Gasteiger partial charge in [-0.1, -0.05) is 24.3 Å². The van der Waals surface area contributed by atoms with E-state index in [2.05, 4.69) is 10.2 Å². The molecule has 1 heterocycles. The van der Waals surface area contributed by atoms with Crippen LogP contribution in [0.15, 0.2) is 48.5 Å². The molecule has 0 aliphatic carbocycles. The molecular formula is C22H29N3O3. The Balaban J connectivity index is 1.50. The van der Waals surface area contributed by atoms with Gasteiger partial charge in [0.05, 0.1) is 26.2 Å². The summed E-state index contributed by atoms with van der Waals surface area (Å²) >= 11 is 0. The summed E-state index contributed by atoms with van der Waals surface area (Å²) in [5.74, 6) is 0.967. The molecule has 1 saturated heterocycles. The van der Waals surface area contributed by atoms with Gasteiger partial charge in [-0.2, -0.15) is 0 Å². The van der Waals surface area contributed by atoms with Gasteiger partial charge in [0.15, 0.2) is 0 Å². The van der Waals surface area contributed by atoms with Gasteiger partial charge < -0.3 is 20.1 Å². The van der Waals surface area contributed by atoms with E-state index in [0.717, 1.165) is 30.1 Å². The molecule has 1 aliphatic rings. The zero-order chi connectivity index (χ0) is 19.9. The quantitative estimate of drug-likeness (QED) is 0.766. The number of methoxy groups -OCH3 is 1. The van der Waals surface area contributed by atoms with Gasteiger partial charge in [0.1, 0.15) is 5.75 Å². The predicted molar refractivity (Wildman–Crippen MR) is 111 cm³/mol. The van der Waals surface area contributed by atoms with E-state index in [4.69, 9.17) is 4.74 Å². The molecule has 1 aliphatic heterocycles. The van der Waals surface area contributed by atoms with Gasteiger partial charge in [-0.05, 0) is 42.4 Å². The first-order chi connectivity index (χ1) is 13.6. The van der Waals surface area contributed by atoms with Crippen LogP contribution in [0.3, 0.4) is 0 Å².